The van der Waals surface area contributed by atoms with Crippen molar-refractivity contribution in [1.29, 1.82) is 0 Å². The number of hydrogen-bond donors (Lipinski definition) is 2. The molecule has 0 saturated carbocycles. The minimum absolute atomic E-state index is 0.134. The second-order valence-corrected chi connectivity index (χ2v) is 7.65. The molecule has 6 heteroatoms. The third-order valence-corrected chi connectivity index (χ3v) is 5.37. The molecule has 0 aliphatic carbocycles. The fourth-order valence-electron chi connectivity index (χ4n) is 3.17. The molecule has 29 heavy (non-hydrogen) atoms. The number of oxazole rings is 1. The number of nitrogens with one attached hydrogen (secondary N) is 1. The lowest BCUT2D eigenvalue weighted by Gasteiger charge is -2.19. The fourth-order valence-corrected chi connectivity index (χ4v) is 3.82. The van der Waals surface area contributed by atoms with Crippen molar-refractivity contribution in [3.8, 4) is 16.5 Å². The van der Waals surface area contributed by atoms with Gasteiger partial charge in [-0.15, -0.1) is 11.3 Å². The molecule has 2 aromatic carbocycles. The number of rotatable bonds is 7. The third-order valence-electron chi connectivity index (χ3n) is 4.51. The summed E-state index contributed by atoms with van der Waals surface area (Å²) in [5, 5.41) is 14.8. The van der Waals surface area contributed by atoms with Gasteiger partial charge < -0.3 is 14.8 Å². The molecule has 0 radical (unpaired) electrons. The Labute approximate surface area is 172 Å². The zero-order chi connectivity index (χ0) is 20.1. The van der Waals surface area contributed by atoms with Crippen molar-refractivity contribution in [2.45, 2.75) is 18.9 Å². The van der Waals surface area contributed by atoms with Crippen LogP contribution in [0.4, 0.5) is 0 Å². The van der Waals surface area contributed by atoms with Crippen LogP contribution in [0.5, 0.6) is 5.75 Å². The Morgan fingerprint density at radius 1 is 1.10 bits per heavy atom. The number of thiophene rings is 1. The van der Waals surface area contributed by atoms with E-state index in [1.165, 1.54) is 6.26 Å². The molecule has 1 unspecified atom stereocenters. The average Bonchev–Trinajstić information content (AvgIpc) is 3.40. The normalized spacial score (nSPS) is 11.9. The van der Waals surface area contributed by atoms with E-state index < -0.39 is 0 Å². The summed E-state index contributed by atoms with van der Waals surface area (Å²) in [7, 11) is 0. The number of phenols is 1. The van der Waals surface area contributed by atoms with Crippen molar-refractivity contribution in [3.63, 3.8) is 0 Å². The van der Waals surface area contributed by atoms with Crippen LogP contribution in [0.15, 0.2) is 82.8 Å². The second kappa shape index (κ2) is 8.75. The number of benzene rings is 2. The van der Waals surface area contributed by atoms with Crippen molar-refractivity contribution in [2.75, 3.05) is 0 Å². The number of nitrogens with zero attached hydrogens (tertiary/aromatic N) is 1. The van der Waals surface area contributed by atoms with Crippen molar-refractivity contribution in [1.82, 2.24) is 10.3 Å². The van der Waals surface area contributed by atoms with Gasteiger partial charge in [0.15, 0.2) is 0 Å². The van der Waals surface area contributed by atoms with Gasteiger partial charge >= 0.3 is 0 Å². The third kappa shape index (κ3) is 4.92. The van der Waals surface area contributed by atoms with E-state index in [-0.39, 0.29) is 24.1 Å². The number of carbonyl (C=O) groups is 1. The first kappa shape index (κ1) is 19.0. The second-order valence-electron chi connectivity index (χ2n) is 6.70. The van der Waals surface area contributed by atoms with Gasteiger partial charge in [0.2, 0.25) is 11.8 Å². The summed E-state index contributed by atoms with van der Waals surface area (Å²) in [6.07, 6.45) is 2.24. The Balaban J connectivity index is 1.47. The van der Waals surface area contributed by atoms with Crippen LogP contribution in [-0.2, 0) is 17.6 Å². The molecule has 146 valence electrons. The molecule has 0 bridgehead atoms. The van der Waals surface area contributed by atoms with Gasteiger partial charge in [-0.05, 0) is 41.1 Å². The molecule has 0 aliphatic rings. The van der Waals surface area contributed by atoms with E-state index in [4.69, 9.17) is 4.42 Å². The van der Waals surface area contributed by atoms with Gasteiger partial charge in [0.05, 0.1) is 23.0 Å². The topological polar surface area (TPSA) is 75.4 Å². The highest BCUT2D eigenvalue weighted by atomic mass is 32.1. The minimum Gasteiger partial charge on any atom is -0.508 e. The molecule has 0 fully saturated rings. The molecule has 0 saturated heterocycles. The van der Waals surface area contributed by atoms with Crippen LogP contribution < -0.4 is 5.32 Å². The molecule has 1 amide bonds. The van der Waals surface area contributed by atoms with Crippen LogP contribution in [0.25, 0.3) is 10.8 Å². The van der Waals surface area contributed by atoms with Gasteiger partial charge in [-0.3, -0.25) is 4.79 Å². The summed E-state index contributed by atoms with van der Waals surface area (Å²) >= 11 is 1.54. The Morgan fingerprint density at radius 3 is 2.72 bits per heavy atom. The lowest BCUT2D eigenvalue weighted by Crippen LogP contribution is -2.31. The number of hydrogen-bond acceptors (Lipinski definition) is 5. The maximum Gasteiger partial charge on any atom is 0.236 e. The number of aromatic hydroxyl groups is 1. The van der Waals surface area contributed by atoms with Crippen LogP contribution in [0.1, 0.15) is 22.9 Å². The summed E-state index contributed by atoms with van der Waals surface area (Å²) in [5.74, 6) is 0.608. The summed E-state index contributed by atoms with van der Waals surface area (Å²) < 4.78 is 5.50. The first-order valence-electron chi connectivity index (χ1n) is 9.28. The standard InChI is InChI=1S/C23H20N2O3S/c26-19-9-4-6-16(12-19)13-20(17-7-2-1-3-8-17)25-22(27)14-18-15-28-23(24-18)21-10-5-11-29-21/h1-12,15,20,26H,13-14H2,(H,25,27). The van der Waals surface area contributed by atoms with Gasteiger partial charge in [0.1, 0.15) is 12.0 Å². The van der Waals surface area contributed by atoms with Gasteiger partial charge in [-0.1, -0.05) is 48.5 Å². The van der Waals surface area contributed by atoms with Crippen LogP contribution >= 0.6 is 11.3 Å². The molecule has 2 N–H and O–H groups in total. The molecule has 0 aliphatic heterocycles. The van der Waals surface area contributed by atoms with E-state index >= 15 is 0 Å². The van der Waals surface area contributed by atoms with Crippen molar-refractivity contribution in [2.24, 2.45) is 0 Å². The average molecular weight is 404 g/mol. The Kier molecular flexibility index (Phi) is 5.72. The summed E-state index contributed by atoms with van der Waals surface area (Å²) in [5.41, 5.74) is 2.54. The smallest absolute Gasteiger partial charge is 0.236 e. The van der Waals surface area contributed by atoms with Crippen molar-refractivity contribution >= 4 is 17.2 Å². The van der Waals surface area contributed by atoms with Gasteiger partial charge in [0.25, 0.3) is 0 Å². The zero-order valence-corrected chi connectivity index (χ0v) is 16.4. The van der Waals surface area contributed by atoms with Crippen LogP contribution in [0, 0.1) is 0 Å². The van der Waals surface area contributed by atoms with Crippen LogP contribution in [0.2, 0.25) is 0 Å². The molecule has 2 aromatic heterocycles. The van der Waals surface area contributed by atoms with Gasteiger partial charge in [0, 0.05) is 0 Å². The predicted octanol–water partition coefficient (Wildman–Crippen LogP) is 4.75. The molecule has 4 rings (SSSR count). The SMILES string of the molecule is O=C(Cc1coc(-c2cccs2)n1)NC(Cc1cccc(O)c1)c1ccccc1. The maximum absolute atomic E-state index is 12.7. The predicted molar refractivity (Wildman–Crippen MR) is 113 cm³/mol. The molecular formula is C23H20N2O3S. The van der Waals surface area contributed by atoms with E-state index in [0.29, 0.717) is 18.0 Å². The quantitative estimate of drug-likeness (QED) is 0.466. The van der Waals surface area contributed by atoms with E-state index in [9.17, 15) is 9.90 Å². The summed E-state index contributed by atoms with van der Waals surface area (Å²) in [6, 6.07) is 20.5. The lowest BCUT2D eigenvalue weighted by atomic mass is 9.98. The number of aromatic nitrogens is 1. The summed E-state index contributed by atoms with van der Waals surface area (Å²) in [6.45, 7) is 0. The molecular weight excluding hydrogens is 384 g/mol. The number of phenolic OH excluding ortho intramolecular Hbond substituents is 1. The highest BCUT2D eigenvalue weighted by Crippen LogP contribution is 2.24. The largest absolute Gasteiger partial charge is 0.508 e. The molecule has 0 spiro atoms. The molecule has 2 heterocycles. The lowest BCUT2D eigenvalue weighted by molar-refractivity contribution is -0.121. The highest BCUT2D eigenvalue weighted by Gasteiger charge is 2.17. The van der Waals surface area contributed by atoms with Crippen LogP contribution in [0.3, 0.4) is 0 Å². The first-order chi connectivity index (χ1) is 14.2. The van der Waals surface area contributed by atoms with E-state index in [2.05, 4.69) is 10.3 Å². The van der Waals surface area contributed by atoms with Crippen molar-refractivity contribution in [3.05, 3.63) is 95.2 Å². The number of amides is 1. The Bertz CT molecular complexity index is 1070. The van der Waals surface area contributed by atoms with Crippen LogP contribution in [-0.4, -0.2) is 16.0 Å². The van der Waals surface area contributed by atoms with E-state index in [1.807, 2.05) is 53.9 Å². The van der Waals surface area contributed by atoms with Gasteiger partial charge in [-0.25, -0.2) is 4.98 Å². The van der Waals surface area contributed by atoms with E-state index in [1.54, 1.807) is 29.5 Å². The monoisotopic (exact) mass is 404 g/mol. The van der Waals surface area contributed by atoms with Gasteiger partial charge in [-0.2, -0.15) is 0 Å². The van der Waals surface area contributed by atoms with E-state index in [0.717, 1.165) is 16.0 Å². The number of carbonyl (C=O) groups excluding carboxylic acids is 1. The summed E-state index contributed by atoms with van der Waals surface area (Å²) in [4.78, 5) is 18.1. The first-order valence-corrected chi connectivity index (χ1v) is 10.2. The zero-order valence-electron chi connectivity index (χ0n) is 15.6. The minimum atomic E-state index is -0.214. The Morgan fingerprint density at radius 2 is 1.97 bits per heavy atom. The molecule has 5 nitrogen and oxygen atoms in total. The maximum atomic E-state index is 12.7. The highest BCUT2D eigenvalue weighted by molar-refractivity contribution is 7.13. The molecule has 4 aromatic rings. The fraction of sp³-hybridized carbons (Fsp3) is 0.130. The molecule has 1 atom stereocenters. The Hall–Kier alpha value is -3.38. The van der Waals surface area contributed by atoms with Crippen molar-refractivity contribution < 1.29 is 14.3 Å².